The maximum Gasteiger partial charge on any atom is 0.246 e. The molecule has 0 bridgehead atoms. The number of carbonyl (C=O) groups is 1. The Hall–Kier alpha value is -0.910. The molecular formula is C16H20BrN3O. The zero-order chi connectivity index (χ0) is 14.4. The topological polar surface area (TPSA) is 44.4 Å². The van der Waals surface area contributed by atoms with Gasteiger partial charge in [0.05, 0.1) is 0 Å². The van der Waals surface area contributed by atoms with Gasteiger partial charge in [-0.25, -0.2) is 0 Å². The average Bonchev–Trinajstić information content (AvgIpc) is 3.01. The van der Waals surface area contributed by atoms with Crippen molar-refractivity contribution in [1.82, 2.24) is 10.2 Å². The van der Waals surface area contributed by atoms with E-state index in [1.54, 1.807) is 0 Å². The minimum Gasteiger partial charge on any atom is -0.324 e. The van der Waals surface area contributed by atoms with E-state index >= 15 is 0 Å². The van der Waals surface area contributed by atoms with E-state index in [-0.39, 0.29) is 11.9 Å². The lowest BCUT2D eigenvalue weighted by Crippen LogP contribution is -2.47. The third-order valence-corrected chi connectivity index (χ3v) is 5.58. The first-order valence-corrected chi connectivity index (χ1v) is 8.62. The number of carbonyl (C=O) groups excluding carboxylic acids is 1. The molecule has 2 fully saturated rings. The van der Waals surface area contributed by atoms with Crippen molar-refractivity contribution in [1.29, 1.82) is 0 Å². The van der Waals surface area contributed by atoms with Crippen LogP contribution in [0.5, 0.6) is 0 Å². The predicted molar refractivity (Wildman–Crippen MR) is 86.3 cm³/mol. The van der Waals surface area contributed by atoms with Crippen LogP contribution in [0.1, 0.15) is 37.3 Å². The van der Waals surface area contributed by atoms with E-state index in [0.29, 0.717) is 12.1 Å². The molecule has 1 aromatic rings. The van der Waals surface area contributed by atoms with Crippen LogP contribution in [0.4, 0.5) is 5.69 Å². The van der Waals surface area contributed by atoms with Gasteiger partial charge in [0.1, 0.15) is 6.04 Å². The number of piperidine rings is 1. The number of hydrogen-bond acceptors (Lipinski definition) is 3. The number of benzene rings is 1. The maximum absolute atomic E-state index is 12.3. The van der Waals surface area contributed by atoms with Gasteiger partial charge >= 0.3 is 0 Å². The van der Waals surface area contributed by atoms with Gasteiger partial charge < -0.3 is 5.32 Å². The Labute approximate surface area is 133 Å². The Morgan fingerprint density at radius 2 is 2.14 bits per heavy atom. The highest BCUT2D eigenvalue weighted by atomic mass is 79.9. The van der Waals surface area contributed by atoms with Gasteiger partial charge in [-0.05, 0) is 37.9 Å². The third kappa shape index (κ3) is 2.41. The van der Waals surface area contributed by atoms with Crippen LogP contribution in [0.15, 0.2) is 22.7 Å². The second-order valence-corrected chi connectivity index (χ2v) is 7.23. The van der Waals surface area contributed by atoms with E-state index in [4.69, 9.17) is 0 Å². The number of nitrogens with one attached hydrogen (secondary N) is 2. The highest BCUT2D eigenvalue weighted by molar-refractivity contribution is 9.10. The number of halogens is 1. The summed E-state index contributed by atoms with van der Waals surface area (Å²) >= 11 is 3.46. The first-order chi connectivity index (χ1) is 10.2. The number of hydrogen-bond donors (Lipinski definition) is 2. The molecule has 2 saturated heterocycles. The molecule has 0 aromatic heterocycles. The standard InChI is InChI=1S/C16H20BrN3O/c17-10-4-5-11-13(9-10)19-16(21)15(11)18-12-6-8-20-7-2-1-3-14(12)20/h4-5,9,12,14-15,18H,1-3,6-8H2,(H,19,21). The Bertz CT molecular complexity index is 577. The molecule has 3 unspecified atom stereocenters. The number of fused-ring (bicyclic) bond motifs is 2. The zero-order valence-corrected chi connectivity index (χ0v) is 13.5. The molecule has 4 rings (SSSR count). The zero-order valence-electron chi connectivity index (χ0n) is 11.9. The molecule has 0 radical (unpaired) electrons. The first-order valence-electron chi connectivity index (χ1n) is 7.83. The van der Waals surface area contributed by atoms with Crippen molar-refractivity contribution in [3.05, 3.63) is 28.2 Å². The summed E-state index contributed by atoms with van der Waals surface area (Å²) in [5.41, 5.74) is 2.02. The molecule has 4 nitrogen and oxygen atoms in total. The summed E-state index contributed by atoms with van der Waals surface area (Å²) in [6, 6.07) is 6.90. The molecule has 2 N–H and O–H groups in total. The van der Waals surface area contributed by atoms with E-state index in [0.717, 1.165) is 22.1 Å². The second kappa shape index (κ2) is 5.38. The van der Waals surface area contributed by atoms with E-state index in [1.807, 2.05) is 18.2 Å². The molecule has 112 valence electrons. The van der Waals surface area contributed by atoms with Crippen LogP contribution >= 0.6 is 15.9 Å². The Morgan fingerprint density at radius 3 is 3.05 bits per heavy atom. The fourth-order valence-electron chi connectivity index (χ4n) is 4.06. The van der Waals surface area contributed by atoms with Gasteiger partial charge in [-0.2, -0.15) is 0 Å². The molecule has 0 spiro atoms. The molecule has 3 aliphatic heterocycles. The van der Waals surface area contributed by atoms with Gasteiger partial charge in [0.15, 0.2) is 0 Å². The van der Waals surface area contributed by atoms with Gasteiger partial charge in [-0.1, -0.05) is 28.4 Å². The molecule has 21 heavy (non-hydrogen) atoms. The quantitative estimate of drug-likeness (QED) is 0.862. The van der Waals surface area contributed by atoms with Crippen LogP contribution in [-0.2, 0) is 4.79 Å². The van der Waals surface area contributed by atoms with Gasteiger partial charge in [0.2, 0.25) is 5.91 Å². The van der Waals surface area contributed by atoms with Crippen LogP contribution in [0.25, 0.3) is 0 Å². The second-order valence-electron chi connectivity index (χ2n) is 6.31. The van der Waals surface area contributed by atoms with Crippen LogP contribution in [0.3, 0.4) is 0 Å². The normalized spacial score (nSPS) is 31.9. The lowest BCUT2D eigenvalue weighted by atomic mass is 9.97. The van der Waals surface area contributed by atoms with Crippen molar-refractivity contribution in [3.63, 3.8) is 0 Å². The first kappa shape index (κ1) is 13.7. The summed E-state index contributed by atoms with van der Waals surface area (Å²) in [7, 11) is 0. The summed E-state index contributed by atoms with van der Waals surface area (Å²) in [4.78, 5) is 14.9. The van der Waals surface area contributed by atoms with Crippen molar-refractivity contribution in [2.75, 3.05) is 18.4 Å². The van der Waals surface area contributed by atoms with Gasteiger partial charge in [0.25, 0.3) is 0 Å². The summed E-state index contributed by atoms with van der Waals surface area (Å²) in [6.45, 7) is 2.40. The number of rotatable bonds is 2. The van der Waals surface area contributed by atoms with Crippen molar-refractivity contribution in [2.45, 2.75) is 43.8 Å². The molecular weight excluding hydrogens is 330 g/mol. The SMILES string of the molecule is O=C1Nc2cc(Br)ccc2C1NC1CCN2CCCCC12. The molecule has 1 amide bonds. The predicted octanol–water partition coefficient (Wildman–Crippen LogP) is 2.66. The van der Waals surface area contributed by atoms with Crippen LogP contribution in [0.2, 0.25) is 0 Å². The van der Waals surface area contributed by atoms with E-state index in [2.05, 4.69) is 31.5 Å². The third-order valence-electron chi connectivity index (χ3n) is 5.08. The fraction of sp³-hybridized carbons (Fsp3) is 0.562. The number of amides is 1. The summed E-state index contributed by atoms with van der Waals surface area (Å²) in [6.07, 6.45) is 5.06. The van der Waals surface area contributed by atoms with Crippen LogP contribution < -0.4 is 10.6 Å². The van der Waals surface area contributed by atoms with Crippen molar-refractivity contribution >= 4 is 27.5 Å². The summed E-state index contributed by atoms with van der Waals surface area (Å²) < 4.78 is 1.00. The highest BCUT2D eigenvalue weighted by Crippen LogP contribution is 2.35. The number of anilines is 1. The highest BCUT2D eigenvalue weighted by Gasteiger charge is 2.39. The monoisotopic (exact) mass is 349 g/mol. The van der Waals surface area contributed by atoms with Gasteiger partial charge in [-0.3, -0.25) is 15.0 Å². The Balaban J connectivity index is 1.54. The molecule has 3 atom stereocenters. The fourth-order valence-corrected chi connectivity index (χ4v) is 4.42. The maximum atomic E-state index is 12.3. The molecule has 0 saturated carbocycles. The molecule has 3 aliphatic rings. The molecule has 0 aliphatic carbocycles. The number of nitrogens with zero attached hydrogens (tertiary/aromatic N) is 1. The minimum atomic E-state index is -0.194. The van der Waals surface area contributed by atoms with Crippen molar-refractivity contribution in [3.8, 4) is 0 Å². The Morgan fingerprint density at radius 1 is 1.24 bits per heavy atom. The minimum absolute atomic E-state index is 0.0809. The Kier molecular flexibility index (Phi) is 3.52. The van der Waals surface area contributed by atoms with Crippen LogP contribution in [-0.4, -0.2) is 36.0 Å². The molecule has 5 heteroatoms. The summed E-state index contributed by atoms with van der Waals surface area (Å²) in [5, 5.41) is 6.62. The average molecular weight is 350 g/mol. The van der Waals surface area contributed by atoms with E-state index in [1.165, 1.54) is 32.4 Å². The van der Waals surface area contributed by atoms with E-state index < -0.39 is 0 Å². The van der Waals surface area contributed by atoms with Gasteiger partial charge in [0, 0.05) is 34.4 Å². The lowest BCUT2D eigenvalue weighted by Gasteiger charge is -2.33. The smallest absolute Gasteiger partial charge is 0.246 e. The lowest BCUT2D eigenvalue weighted by molar-refractivity contribution is -0.117. The van der Waals surface area contributed by atoms with E-state index in [9.17, 15) is 4.79 Å². The molecule has 1 aromatic carbocycles. The summed E-state index contributed by atoms with van der Waals surface area (Å²) in [5.74, 6) is 0.0809. The van der Waals surface area contributed by atoms with Crippen molar-refractivity contribution in [2.24, 2.45) is 0 Å². The van der Waals surface area contributed by atoms with Crippen molar-refractivity contribution < 1.29 is 4.79 Å². The largest absolute Gasteiger partial charge is 0.324 e. The molecule has 3 heterocycles. The van der Waals surface area contributed by atoms with Crippen LogP contribution in [0, 0.1) is 0 Å². The van der Waals surface area contributed by atoms with Gasteiger partial charge in [-0.15, -0.1) is 0 Å².